The summed E-state index contributed by atoms with van der Waals surface area (Å²) < 4.78 is 0. The first kappa shape index (κ1) is 12.3. The second-order valence-electron chi connectivity index (χ2n) is 4.10. The summed E-state index contributed by atoms with van der Waals surface area (Å²) in [6.45, 7) is 2.38. The Morgan fingerprint density at radius 2 is 2.41 bits per heavy atom. The van der Waals surface area contributed by atoms with E-state index in [1.54, 1.807) is 12.1 Å². The maximum absolute atomic E-state index is 10.9. The number of benzene rings is 1. The summed E-state index contributed by atoms with van der Waals surface area (Å²) in [5.41, 5.74) is 0.752. The molecule has 5 nitrogen and oxygen atoms in total. The molecule has 1 aliphatic heterocycles. The van der Waals surface area contributed by atoms with Gasteiger partial charge in [-0.3, -0.25) is 10.1 Å². The molecule has 0 radical (unpaired) electrons. The fourth-order valence-corrected chi connectivity index (χ4v) is 2.15. The third-order valence-electron chi connectivity index (χ3n) is 2.88. The Hall–Kier alpha value is -1.17. The van der Waals surface area contributed by atoms with Gasteiger partial charge in [-0.2, -0.15) is 0 Å². The first-order valence-electron chi connectivity index (χ1n) is 5.54. The Labute approximate surface area is 104 Å². The van der Waals surface area contributed by atoms with Crippen LogP contribution in [0, 0.1) is 10.1 Å². The predicted molar refractivity (Wildman–Crippen MR) is 66.2 cm³/mol. The van der Waals surface area contributed by atoms with Crippen LogP contribution in [-0.2, 0) is 6.54 Å². The highest BCUT2D eigenvalue weighted by molar-refractivity contribution is 6.30. The van der Waals surface area contributed by atoms with Crippen molar-refractivity contribution in [1.82, 2.24) is 10.6 Å². The van der Waals surface area contributed by atoms with Gasteiger partial charge in [0.25, 0.3) is 5.69 Å². The largest absolute Gasteiger partial charge is 0.315 e. The molecule has 0 aliphatic carbocycles. The molecular weight excluding hydrogens is 242 g/mol. The molecule has 0 amide bonds. The van der Waals surface area contributed by atoms with E-state index in [-0.39, 0.29) is 10.6 Å². The van der Waals surface area contributed by atoms with Crippen molar-refractivity contribution in [2.24, 2.45) is 0 Å². The lowest BCUT2D eigenvalue weighted by atomic mass is 10.1. The van der Waals surface area contributed by atoms with E-state index in [1.807, 2.05) is 0 Å². The van der Waals surface area contributed by atoms with E-state index in [0.717, 1.165) is 19.5 Å². The third kappa shape index (κ3) is 3.15. The topological polar surface area (TPSA) is 67.2 Å². The van der Waals surface area contributed by atoms with Gasteiger partial charge >= 0.3 is 0 Å². The Morgan fingerprint density at radius 3 is 3.06 bits per heavy atom. The molecule has 6 heteroatoms. The molecule has 0 bridgehead atoms. The van der Waals surface area contributed by atoms with Crippen molar-refractivity contribution < 1.29 is 4.92 Å². The average molecular weight is 256 g/mol. The van der Waals surface area contributed by atoms with Crippen LogP contribution in [0.3, 0.4) is 0 Å². The Balaban J connectivity index is 2.07. The van der Waals surface area contributed by atoms with Gasteiger partial charge in [0, 0.05) is 35.8 Å². The Morgan fingerprint density at radius 1 is 1.59 bits per heavy atom. The Bertz CT molecular complexity index is 419. The van der Waals surface area contributed by atoms with Gasteiger partial charge < -0.3 is 10.6 Å². The number of halogens is 1. The molecule has 92 valence electrons. The summed E-state index contributed by atoms with van der Waals surface area (Å²) in [7, 11) is 0. The standard InChI is InChI=1S/C11H14ClN3O2/c12-9-1-2-11(15(16)17)8(5-9)6-14-10-3-4-13-7-10/h1-2,5,10,13-14H,3-4,6-7H2. The van der Waals surface area contributed by atoms with Gasteiger partial charge in [-0.15, -0.1) is 0 Å². The summed E-state index contributed by atoms with van der Waals surface area (Å²) in [6, 6.07) is 5.02. The maximum Gasteiger partial charge on any atom is 0.273 e. The number of hydrogen-bond donors (Lipinski definition) is 2. The molecule has 0 saturated carbocycles. The zero-order valence-electron chi connectivity index (χ0n) is 9.28. The van der Waals surface area contributed by atoms with E-state index in [2.05, 4.69) is 10.6 Å². The van der Waals surface area contributed by atoms with E-state index in [1.165, 1.54) is 6.07 Å². The summed E-state index contributed by atoms with van der Waals surface area (Å²) >= 11 is 5.85. The van der Waals surface area contributed by atoms with Gasteiger partial charge in [0.15, 0.2) is 0 Å². The Kier molecular flexibility index (Phi) is 3.93. The zero-order chi connectivity index (χ0) is 12.3. The van der Waals surface area contributed by atoms with Crippen LogP contribution in [0.1, 0.15) is 12.0 Å². The maximum atomic E-state index is 10.9. The van der Waals surface area contributed by atoms with Crippen LogP contribution in [-0.4, -0.2) is 24.1 Å². The lowest BCUT2D eigenvalue weighted by Crippen LogP contribution is -2.30. The van der Waals surface area contributed by atoms with Crippen LogP contribution in [0.4, 0.5) is 5.69 Å². The zero-order valence-corrected chi connectivity index (χ0v) is 10.0. The number of rotatable bonds is 4. The highest BCUT2D eigenvalue weighted by atomic mass is 35.5. The van der Waals surface area contributed by atoms with Crippen molar-refractivity contribution in [3.63, 3.8) is 0 Å². The predicted octanol–water partition coefficient (Wildman–Crippen LogP) is 1.70. The quantitative estimate of drug-likeness (QED) is 0.635. The smallest absolute Gasteiger partial charge is 0.273 e. The van der Waals surface area contributed by atoms with E-state index >= 15 is 0 Å². The lowest BCUT2D eigenvalue weighted by Gasteiger charge is -2.11. The van der Waals surface area contributed by atoms with E-state index < -0.39 is 0 Å². The van der Waals surface area contributed by atoms with Crippen molar-refractivity contribution in [1.29, 1.82) is 0 Å². The molecule has 17 heavy (non-hydrogen) atoms. The SMILES string of the molecule is O=[N+]([O-])c1ccc(Cl)cc1CNC1CCNC1. The number of nitro benzene ring substituents is 1. The minimum Gasteiger partial charge on any atom is -0.315 e. The molecule has 2 rings (SSSR count). The van der Waals surface area contributed by atoms with Crippen LogP contribution in [0.5, 0.6) is 0 Å². The molecule has 1 saturated heterocycles. The summed E-state index contributed by atoms with van der Waals surface area (Å²) in [5.74, 6) is 0. The second kappa shape index (κ2) is 5.44. The summed E-state index contributed by atoms with van der Waals surface area (Å²) in [5, 5.41) is 17.9. The molecule has 1 fully saturated rings. The van der Waals surface area contributed by atoms with Crippen molar-refractivity contribution in [2.45, 2.75) is 19.0 Å². The molecule has 1 aromatic rings. The highest BCUT2D eigenvalue weighted by Gasteiger charge is 2.17. The first-order valence-corrected chi connectivity index (χ1v) is 5.91. The van der Waals surface area contributed by atoms with Gasteiger partial charge in [-0.05, 0) is 25.1 Å². The van der Waals surface area contributed by atoms with E-state index in [4.69, 9.17) is 11.6 Å². The monoisotopic (exact) mass is 255 g/mol. The number of nitro groups is 1. The molecule has 1 unspecified atom stereocenters. The molecule has 1 aromatic carbocycles. The second-order valence-corrected chi connectivity index (χ2v) is 4.54. The molecule has 2 N–H and O–H groups in total. The van der Waals surface area contributed by atoms with Crippen LogP contribution >= 0.6 is 11.6 Å². The van der Waals surface area contributed by atoms with Crippen LogP contribution in [0.25, 0.3) is 0 Å². The highest BCUT2D eigenvalue weighted by Crippen LogP contribution is 2.22. The first-order chi connectivity index (χ1) is 8.16. The number of nitrogens with one attached hydrogen (secondary N) is 2. The fourth-order valence-electron chi connectivity index (χ4n) is 1.96. The molecule has 1 atom stereocenters. The van der Waals surface area contributed by atoms with Crippen LogP contribution in [0.2, 0.25) is 5.02 Å². The lowest BCUT2D eigenvalue weighted by molar-refractivity contribution is -0.385. The van der Waals surface area contributed by atoms with Crippen LogP contribution in [0.15, 0.2) is 18.2 Å². The number of nitrogens with zero attached hydrogens (tertiary/aromatic N) is 1. The van der Waals surface area contributed by atoms with Crippen molar-refractivity contribution >= 4 is 17.3 Å². The van der Waals surface area contributed by atoms with Crippen molar-refractivity contribution in [2.75, 3.05) is 13.1 Å². The van der Waals surface area contributed by atoms with E-state index in [9.17, 15) is 10.1 Å². The minimum atomic E-state index is -0.375. The molecule has 1 heterocycles. The molecule has 0 aromatic heterocycles. The molecular formula is C11H14ClN3O2. The fraction of sp³-hybridized carbons (Fsp3) is 0.455. The van der Waals surface area contributed by atoms with Crippen LogP contribution < -0.4 is 10.6 Å². The summed E-state index contributed by atoms with van der Waals surface area (Å²) in [6.07, 6.45) is 1.05. The van der Waals surface area contributed by atoms with Gasteiger partial charge in [0.1, 0.15) is 0 Å². The van der Waals surface area contributed by atoms with Crippen molar-refractivity contribution in [3.8, 4) is 0 Å². The van der Waals surface area contributed by atoms with Crippen molar-refractivity contribution in [3.05, 3.63) is 38.9 Å². The average Bonchev–Trinajstić information content (AvgIpc) is 2.78. The van der Waals surface area contributed by atoms with Gasteiger partial charge in [0.2, 0.25) is 0 Å². The molecule has 0 spiro atoms. The number of hydrogen-bond acceptors (Lipinski definition) is 4. The summed E-state index contributed by atoms with van der Waals surface area (Å²) in [4.78, 5) is 10.5. The molecule has 1 aliphatic rings. The minimum absolute atomic E-state index is 0.118. The third-order valence-corrected chi connectivity index (χ3v) is 3.11. The van der Waals surface area contributed by atoms with E-state index in [0.29, 0.717) is 23.2 Å². The van der Waals surface area contributed by atoms with Gasteiger partial charge in [-0.25, -0.2) is 0 Å². The normalized spacial score (nSPS) is 19.5. The van der Waals surface area contributed by atoms with Gasteiger partial charge in [-0.1, -0.05) is 11.6 Å². The van der Waals surface area contributed by atoms with Gasteiger partial charge in [0.05, 0.1) is 4.92 Å².